The molecule has 2 aromatic heterocycles. The van der Waals surface area contributed by atoms with Gasteiger partial charge in [0, 0.05) is 29.3 Å². The number of carbonyl (C=O) groups is 1. The van der Waals surface area contributed by atoms with Crippen molar-refractivity contribution in [3.8, 4) is 0 Å². The number of amides is 1. The van der Waals surface area contributed by atoms with Crippen LogP contribution in [0.4, 0.5) is 0 Å². The second-order valence-corrected chi connectivity index (χ2v) is 8.37. The van der Waals surface area contributed by atoms with Crippen LogP contribution >= 0.6 is 23.1 Å². The van der Waals surface area contributed by atoms with Crippen molar-refractivity contribution < 1.29 is 9.21 Å². The summed E-state index contributed by atoms with van der Waals surface area (Å²) in [5.74, 6) is 1.07. The van der Waals surface area contributed by atoms with E-state index < -0.39 is 0 Å². The minimum absolute atomic E-state index is 0.105. The molecule has 0 bridgehead atoms. The molecule has 0 saturated carbocycles. The lowest BCUT2D eigenvalue weighted by Gasteiger charge is -2.23. The Morgan fingerprint density at radius 1 is 1.32 bits per heavy atom. The van der Waals surface area contributed by atoms with Crippen LogP contribution in [0.2, 0.25) is 0 Å². The number of carbonyl (C=O) groups excluding carboxylic acids is 1. The Morgan fingerprint density at radius 2 is 2.24 bits per heavy atom. The molecule has 4 rings (SSSR count). The fourth-order valence-electron chi connectivity index (χ4n) is 3.14. The van der Waals surface area contributed by atoms with Gasteiger partial charge in [-0.05, 0) is 36.9 Å². The van der Waals surface area contributed by atoms with Crippen molar-refractivity contribution in [2.45, 2.75) is 28.8 Å². The molecule has 1 fully saturated rings. The normalized spacial score (nSPS) is 17.7. The second kappa shape index (κ2) is 7.64. The lowest BCUT2D eigenvalue weighted by Crippen LogP contribution is -2.45. The highest BCUT2D eigenvalue weighted by Crippen LogP contribution is 2.33. The summed E-state index contributed by atoms with van der Waals surface area (Å²) in [6.07, 6.45) is 2.10. The summed E-state index contributed by atoms with van der Waals surface area (Å²) in [5.41, 5.74) is 1.76. The highest BCUT2D eigenvalue weighted by molar-refractivity contribution is 8.00. The predicted octanol–water partition coefficient (Wildman–Crippen LogP) is 4.27. The number of benzene rings is 1. The third-order valence-electron chi connectivity index (χ3n) is 4.39. The summed E-state index contributed by atoms with van der Waals surface area (Å²) >= 11 is 3.46. The Hall–Kier alpha value is -1.76. The van der Waals surface area contributed by atoms with Crippen LogP contribution in [-0.4, -0.2) is 25.0 Å². The summed E-state index contributed by atoms with van der Waals surface area (Å²) in [5, 5.41) is 9.55. The lowest BCUT2D eigenvalue weighted by molar-refractivity contribution is 0.0904. The Kier molecular flexibility index (Phi) is 5.10. The Morgan fingerprint density at radius 3 is 3.04 bits per heavy atom. The van der Waals surface area contributed by atoms with Gasteiger partial charge in [-0.15, -0.1) is 23.1 Å². The van der Waals surface area contributed by atoms with Gasteiger partial charge >= 0.3 is 0 Å². The van der Waals surface area contributed by atoms with Crippen molar-refractivity contribution in [1.29, 1.82) is 0 Å². The summed E-state index contributed by atoms with van der Waals surface area (Å²) in [6.45, 7) is 1.85. The summed E-state index contributed by atoms with van der Waals surface area (Å²) in [7, 11) is 0. The van der Waals surface area contributed by atoms with Crippen LogP contribution in [0, 0.1) is 0 Å². The van der Waals surface area contributed by atoms with Crippen molar-refractivity contribution in [2.75, 3.05) is 13.1 Å². The Labute approximate surface area is 155 Å². The molecule has 3 aromatic rings. The monoisotopic (exact) mass is 372 g/mol. The Balaban J connectivity index is 1.59. The SMILES string of the molecule is O=C(N[C@H]1CCCNC1)c1oc2ccccc2c1CSc1cccs1. The molecular weight excluding hydrogens is 352 g/mol. The largest absolute Gasteiger partial charge is 0.451 e. The average Bonchev–Trinajstić information content (AvgIpc) is 3.28. The van der Waals surface area contributed by atoms with E-state index in [2.05, 4.69) is 22.1 Å². The fourth-order valence-corrected chi connectivity index (χ4v) is 4.95. The van der Waals surface area contributed by atoms with Crippen LogP contribution in [0.5, 0.6) is 0 Å². The average molecular weight is 373 g/mol. The molecule has 1 aromatic carbocycles. The summed E-state index contributed by atoms with van der Waals surface area (Å²) < 4.78 is 7.17. The fraction of sp³-hybridized carbons (Fsp3) is 0.316. The number of thioether (sulfide) groups is 1. The maximum absolute atomic E-state index is 12.8. The van der Waals surface area contributed by atoms with Crippen LogP contribution in [-0.2, 0) is 5.75 Å². The molecule has 2 N–H and O–H groups in total. The minimum atomic E-state index is -0.105. The quantitative estimate of drug-likeness (QED) is 0.657. The molecule has 0 aliphatic carbocycles. The zero-order valence-electron chi connectivity index (χ0n) is 13.8. The van der Waals surface area contributed by atoms with Crippen LogP contribution in [0.1, 0.15) is 29.0 Å². The van der Waals surface area contributed by atoms with Crippen LogP contribution in [0.15, 0.2) is 50.4 Å². The number of para-hydroxylation sites is 1. The number of piperidine rings is 1. The standard InChI is InChI=1S/C19H20N2O2S2/c22-19(21-13-5-3-9-20-11-13)18-15(12-25-17-8-4-10-24-17)14-6-1-2-7-16(14)23-18/h1-2,4,6-8,10,13,20H,3,5,9,11-12H2,(H,21,22)/t13-/m0/s1. The van der Waals surface area contributed by atoms with E-state index in [1.165, 1.54) is 4.21 Å². The third-order valence-corrected chi connectivity index (χ3v) is 6.55. The third kappa shape index (κ3) is 3.76. The molecule has 1 amide bonds. The second-order valence-electron chi connectivity index (χ2n) is 6.14. The molecule has 1 saturated heterocycles. The summed E-state index contributed by atoms with van der Waals surface area (Å²) in [6, 6.07) is 12.2. The van der Waals surface area contributed by atoms with Gasteiger partial charge in [0.25, 0.3) is 5.91 Å². The van der Waals surface area contributed by atoms with Gasteiger partial charge < -0.3 is 15.1 Å². The molecule has 4 nitrogen and oxygen atoms in total. The number of furan rings is 1. The van der Waals surface area contributed by atoms with E-state index in [1.807, 2.05) is 30.3 Å². The first-order chi connectivity index (χ1) is 12.3. The maximum atomic E-state index is 12.8. The molecular formula is C19H20N2O2S2. The van der Waals surface area contributed by atoms with E-state index in [-0.39, 0.29) is 11.9 Å². The number of rotatable bonds is 5. The Bertz CT molecular complexity index is 852. The van der Waals surface area contributed by atoms with Gasteiger partial charge in [-0.3, -0.25) is 4.79 Å². The number of hydrogen-bond donors (Lipinski definition) is 2. The highest BCUT2D eigenvalue weighted by atomic mass is 32.2. The van der Waals surface area contributed by atoms with Crippen LogP contribution in [0.3, 0.4) is 0 Å². The van der Waals surface area contributed by atoms with Crippen molar-refractivity contribution >= 4 is 40.0 Å². The van der Waals surface area contributed by atoms with Crippen molar-refractivity contribution in [2.24, 2.45) is 0 Å². The maximum Gasteiger partial charge on any atom is 0.287 e. The van der Waals surface area contributed by atoms with Gasteiger partial charge in [0.15, 0.2) is 5.76 Å². The molecule has 0 unspecified atom stereocenters. The molecule has 1 aliphatic rings. The highest BCUT2D eigenvalue weighted by Gasteiger charge is 2.23. The van der Waals surface area contributed by atoms with Crippen LogP contribution < -0.4 is 10.6 Å². The van der Waals surface area contributed by atoms with E-state index in [4.69, 9.17) is 4.42 Å². The lowest BCUT2D eigenvalue weighted by atomic mass is 10.1. The molecule has 0 spiro atoms. The van der Waals surface area contributed by atoms with E-state index >= 15 is 0 Å². The number of hydrogen-bond acceptors (Lipinski definition) is 5. The van der Waals surface area contributed by atoms with E-state index in [0.29, 0.717) is 5.76 Å². The van der Waals surface area contributed by atoms with E-state index in [1.54, 1.807) is 23.1 Å². The topological polar surface area (TPSA) is 54.3 Å². The molecule has 25 heavy (non-hydrogen) atoms. The van der Waals surface area contributed by atoms with Crippen LogP contribution in [0.25, 0.3) is 11.0 Å². The first-order valence-electron chi connectivity index (χ1n) is 8.49. The van der Waals surface area contributed by atoms with E-state index in [0.717, 1.165) is 48.2 Å². The first-order valence-corrected chi connectivity index (χ1v) is 10.4. The van der Waals surface area contributed by atoms with Crippen molar-refractivity contribution in [3.05, 3.63) is 53.1 Å². The number of fused-ring (bicyclic) bond motifs is 1. The van der Waals surface area contributed by atoms with Gasteiger partial charge in [-0.1, -0.05) is 24.3 Å². The summed E-state index contributed by atoms with van der Waals surface area (Å²) in [4.78, 5) is 12.8. The zero-order valence-corrected chi connectivity index (χ0v) is 15.4. The molecule has 3 heterocycles. The van der Waals surface area contributed by atoms with Gasteiger partial charge in [-0.25, -0.2) is 0 Å². The van der Waals surface area contributed by atoms with Gasteiger partial charge in [0.2, 0.25) is 0 Å². The predicted molar refractivity (Wildman–Crippen MR) is 103 cm³/mol. The zero-order chi connectivity index (χ0) is 17.1. The van der Waals surface area contributed by atoms with Gasteiger partial charge in [0.1, 0.15) is 5.58 Å². The van der Waals surface area contributed by atoms with Crippen molar-refractivity contribution in [1.82, 2.24) is 10.6 Å². The smallest absolute Gasteiger partial charge is 0.287 e. The number of nitrogens with one attached hydrogen (secondary N) is 2. The number of thiophene rings is 1. The molecule has 0 radical (unpaired) electrons. The minimum Gasteiger partial charge on any atom is -0.451 e. The molecule has 130 valence electrons. The first kappa shape index (κ1) is 16.7. The molecule has 6 heteroatoms. The van der Waals surface area contributed by atoms with Crippen molar-refractivity contribution in [3.63, 3.8) is 0 Å². The molecule has 1 aliphatic heterocycles. The van der Waals surface area contributed by atoms with E-state index in [9.17, 15) is 4.79 Å². The molecule has 1 atom stereocenters. The van der Waals surface area contributed by atoms with Gasteiger partial charge in [0.05, 0.1) is 4.21 Å². The van der Waals surface area contributed by atoms with Gasteiger partial charge in [-0.2, -0.15) is 0 Å².